The number of carbonyl (C=O) groups is 2. The van der Waals surface area contributed by atoms with Gasteiger partial charge in [-0.15, -0.1) is 0 Å². The summed E-state index contributed by atoms with van der Waals surface area (Å²) < 4.78 is 0. The smallest absolute Gasteiger partial charge is 0.237 e. The first kappa shape index (κ1) is 14.9. The zero-order valence-electron chi connectivity index (χ0n) is 11.1. The standard InChI is InChI=1S/C12H24N4O2/c1-14-12(18)10-6-5-9-16(10)8-4-2-3-7-11(17)15-13/h10H,2-9,13H2,1H3,(H,14,18)(H,15,17). The van der Waals surface area contributed by atoms with Crippen molar-refractivity contribution in [3.8, 4) is 0 Å². The fourth-order valence-electron chi connectivity index (χ4n) is 2.41. The van der Waals surface area contributed by atoms with Crippen molar-refractivity contribution >= 4 is 11.8 Å². The molecule has 2 amide bonds. The number of likely N-dealkylation sites (tertiary alicyclic amines) is 1. The van der Waals surface area contributed by atoms with Crippen molar-refractivity contribution < 1.29 is 9.59 Å². The van der Waals surface area contributed by atoms with Crippen molar-refractivity contribution in [1.82, 2.24) is 15.6 Å². The van der Waals surface area contributed by atoms with Crippen molar-refractivity contribution in [1.29, 1.82) is 0 Å². The van der Waals surface area contributed by atoms with Gasteiger partial charge in [0, 0.05) is 13.5 Å². The summed E-state index contributed by atoms with van der Waals surface area (Å²) in [5.74, 6) is 5.01. The fourth-order valence-corrected chi connectivity index (χ4v) is 2.41. The lowest BCUT2D eigenvalue weighted by molar-refractivity contribution is -0.125. The van der Waals surface area contributed by atoms with Crippen molar-refractivity contribution in [3.63, 3.8) is 0 Å². The molecule has 6 nitrogen and oxygen atoms in total. The minimum absolute atomic E-state index is 0.0438. The highest BCUT2D eigenvalue weighted by Gasteiger charge is 2.29. The number of hydrogen-bond donors (Lipinski definition) is 3. The minimum Gasteiger partial charge on any atom is -0.358 e. The van der Waals surface area contributed by atoms with Gasteiger partial charge in [0.15, 0.2) is 0 Å². The van der Waals surface area contributed by atoms with E-state index in [0.29, 0.717) is 6.42 Å². The molecule has 0 spiro atoms. The molecular formula is C12H24N4O2. The Hall–Kier alpha value is -1.14. The lowest BCUT2D eigenvalue weighted by Gasteiger charge is -2.22. The van der Waals surface area contributed by atoms with E-state index in [0.717, 1.165) is 45.2 Å². The number of unbranched alkanes of at least 4 members (excludes halogenated alkanes) is 2. The van der Waals surface area contributed by atoms with E-state index < -0.39 is 0 Å². The largest absolute Gasteiger partial charge is 0.358 e. The molecule has 1 aliphatic rings. The Morgan fingerprint density at radius 2 is 2.11 bits per heavy atom. The van der Waals surface area contributed by atoms with Crippen LogP contribution in [0.15, 0.2) is 0 Å². The van der Waals surface area contributed by atoms with Gasteiger partial charge in [-0.1, -0.05) is 6.42 Å². The topological polar surface area (TPSA) is 87.5 Å². The van der Waals surface area contributed by atoms with Gasteiger partial charge in [0.05, 0.1) is 6.04 Å². The molecule has 104 valence electrons. The van der Waals surface area contributed by atoms with Crippen LogP contribution in [0.3, 0.4) is 0 Å². The Labute approximate surface area is 108 Å². The number of hydrogen-bond acceptors (Lipinski definition) is 4. The first-order valence-corrected chi connectivity index (χ1v) is 6.64. The van der Waals surface area contributed by atoms with Gasteiger partial charge < -0.3 is 5.32 Å². The molecule has 6 heteroatoms. The minimum atomic E-state index is -0.112. The van der Waals surface area contributed by atoms with Crippen LogP contribution in [0.5, 0.6) is 0 Å². The van der Waals surface area contributed by atoms with Crippen LogP contribution in [0, 0.1) is 0 Å². The number of likely N-dealkylation sites (N-methyl/N-ethyl adjacent to an activating group) is 1. The monoisotopic (exact) mass is 256 g/mol. The third-order valence-electron chi connectivity index (χ3n) is 3.42. The fraction of sp³-hybridized carbons (Fsp3) is 0.833. The lowest BCUT2D eigenvalue weighted by Crippen LogP contribution is -2.42. The number of nitrogens with zero attached hydrogens (tertiary/aromatic N) is 1. The van der Waals surface area contributed by atoms with Crippen LogP contribution in [0.2, 0.25) is 0 Å². The van der Waals surface area contributed by atoms with Crippen LogP contribution in [0.1, 0.15) is 38.5 Å². The van der Waals surface area contributed by atoms with E-state index in [1.165, 1.54) is 0 Å². The third-order valence-corrected chi connectivity index (χ3v) is 3.42. The van der Waals surface area contributed by atoms with Crippen LogP contribution in [0.25, 0.3) is 0 Å². The summed E-state index contributed by atoms with van der Waals surface area (Å²) in [6.07, 6.45) is 5.38. The van der Waals surface area contributed by atoms with Crippen LogP contribution < -0.4 is 16.6 Å². The number of carbonyl (C=O) groups excluding carboxylic acids is 2. The maximum absolute atomic E-state index is 11.6. The molecule has 0 saturated carbocycles. The summed E-state index contributed by atoms with van der Waals surface area (Å²) in [6.45, 7) is 1.93. The number of nitrogens with one attached hydrogen (secondary N) is 2. The Bertz CT molecular complexity index is 283. The van der Waals surface area contributed by atoms with Gasteiger partial charge in [0.2, 0.25) is 11.8 Å². The predicted molar refractivity (Wildman–Crippen MR) is 69.5 cm³/mol. The zero-order chi connectivity index (χ0) is 13.4. The first-order valence-electron chi connectivity index (χ1n) is 6.64. The SMILES string of the molecule is CNC(=O)C1CCCN1CCCCCC(=O)NN. The second kappa shape index (κ2) is 8.05. The Morgan fingerprint density at radius 1 is 1.33 bits per heavy atom. The van der Waals surface area contributed by atoms with Gasteiger partial charge >= 0.3 is 0 Å². The van der Waals surface area contributed by atoms with Gasteiger partial charge in [-0.3, -0.25) is 19.9 Å². The summed E-state index contributed by atoms with van der Waals surface area (Å²) in [4.78, 5) is 24.8. The highest BCUT2D eigenvalue weighted by molar-refractivity contribution is 5.81. The Kier molecular flexibility index (Phi) is 6.67. The van der Waals surface area contributed by atoms with Crippen LogP contribution >= 0.6 is 0 Å². The van der Waals surface area contributed by atoms with E-state index in [9.17, 15) is 9.59 Å². The maximum Gasteiger partial charge on any atom is 0.237 e. The van der Waals surface area contributed by atoms with E-state index in [4.69, 9.17) is 5.84 Å². The average Bonchev–Trinajstić information content (AvgIpc) is 2.85. The molecule has 1 saturated heterocycles. The van der Waals surface area contributed by atoms with Crippen molar-refractivity contribution in [2.75, 3.05) is 20.1 Å². The Balaban J connectivity index is 2.14. The number of nitrogens with two attached hydrogens (primary N) is 1. The highest BCUT2D eigenvalue weighted by atomic mass is 16.2. The number of amides is 2. The van der Waals surface area contributed by atoms with Crippen LogP contribution in [-0.4, -0.2) is 42.9 Å². The lowest BCUT2D eigenvalue weighted by atomic mass is 10.1. The van der Waals surface area contributed by atoms with E-state index >= 15 is 0 Å². The molecule has 1 heterocycles. The molecule has 0 bridgehead atoms. The average molecular weight is 256 g/mol. The molecule has 1 atom stereocenters. The molecule has 0 aromatic heterocycles. The van der Waals surface area contributed by atoms with E-state index in [1.807, 2.05) is 0 Å². The van der Waals surface area contributed by atoms with E-state index in [-0.39, 0.29) is 17.9 Å². The van der Waals surface area contributed by atoms with Crippen molar-refractivity contribution in [2.24, 2.45) is 5.84 Å². The highest BCUT2D eigenvalue weighted by Crippen LogP contribution is 2.18. The Morgan fingerprint density at radius 3 is 2.78 bits per heavy atom. The van der Waals surface area contributed by atoms with Crippen LogP contribution in [-0.2, 0) is 9.59 Å². The third kappa shape index (κ3) is 4.62. The predicted octanol–water partition coefficient (Wildman–Crippen LogP) is -0.253. The maximum atomic E-state index is 11.6. The summed E-state index contributed by atoms with van der Waals surface area (Å²) >= 11 is 0. The molecule has 1 fully saturated rings. The van der Waals surface area contributed by atoms with Gasteiger partial charge in [-0.25, -0.2) is 5.84 Å². The summed E-state index contributed by atoms with van der Waals surface area (Å²) in [5, 5.41) is 2.71. The summed E-state index contributed by atoms with van der Waals surface area (Å²) in [5.41, 5.74) is 2.12. The van der Waals surface area contributed by atoms with Gasteiger partial charge in [-0.2, -0.15) is 0 Å². The van der Waals surface area contributed by atoms with Crippen molar-refractivity contribution in [3.05, 3.63) is 0 Å². The summed E-state index contributed by atoms with van der Waals surface area (Å²) in [7, 11) is 1.68. The molecule has 18 heavy (non-hydrogen) atoms. The van der Waals surface area contributed by atoms with Gasteiger partial charge in [0.25, 0.3) is 0 Å². The normalized spacial score (nSPS) is 19.8. The van der Waals surface area contributed by atoms with Gasteiger partial charge in [0.1, 0.15) is 0 Å². The molecule has 0 aliphatic carbocycles. The number of rotatable bonds is 7. The second-order valence-corrected chi connectivity index (χ2v) is 4.69. The quantitative estimate of drug-likeness (QED) is 0.254. The summed E-state index contributed by atoms with van der Waals surface area (Å²) in [6, 6.07) is 0.0438. The molecule has 4 N–H and O–H groups in total. The molecule has 1 rings (SSSR count). The van der Waals surface area contributed by atoms with Crippen molar-refractivity contribution in [2.45, 2.75) is 44.6 Å². The molecule has 0 aromatic rings. The zero-order valence-corrected chi connectivity index (χ0v) is 11.1. The van der Waals surface area contributed by atoms with E-state index in [1.54, 1.807) is 7.05 Å². The molecular weight excluding hydrogens is 232 g/mol. The van der Waals surface area contributed by atoms with E-state index in [2.05, 4.69) is 15.6 Å². The first-order chi connectivity index (χ1) is 8.69. The molecule has 0 aromatic carbocycles. The van der Waals surface area contributed by atoms with Gasteiger partial charge in [-0.05, 0) is 38.8 Å². The van der Waals surface area contributed by atoms with Crippen LogP contribution in [0.4, 0.5) is 0 Å². The number of hydrazine groups is 1. The second-order valence-electron chi connectivity index (χ2n) is 4.69. The molecule has 1 unspecified atom stereocenters. The molecule has 0 radical (unpaired) electrons. The molecule has 1 aliphatic heterocycles.